The Balaban J connectivity index is 1.75. The van der Waals surface area contributed by atoms with Crippen LogP contribution < -0.4 is 4.74 Å². The summed E-state index contributed by atoms with van der Waals surface area (Å²) in [6.45, 7) is 5.34. The highest BCUT2D eigenvalue weighted by Gasteiger charge is 2.20. The molecule has 0 N–H and O–H groups in total. The highest BCUT2D eigenvalue weighted by Crippen LogP contribution is 2.32. The maximum atomic E-state index is 12.5. The second kappa shape index (κ2) is 8.48. The number of hydrogen-bond acceptors (Lipinski definition) is 5. The van der Waals surface area contributed by atoms with E-state index in [0.29, 0.717) is 29.1 Å². The Bertz CT molecular complexity index is 1450. The van der Waals surface area contributed by atoms with Gasteiger partial charge < -0.3 is 4.74 Å². The molecule has 2 heterocycles. The molecule has 7 heteroatoms. The number of aromatic nitrogens is 2. The molecule has 162 valence electrons. The molecule has 4 aromatic rings. The first-order valence-electron chi connectivity index (χ1n) is 10.4. The molecular formula is C25H23N3O3S. The van der Waals surface area contributed by atoms with Gasteiger partial charge in [0.05, 0.1) is 27.1 Å². The van der Waals surface area contributed by atoms with Gasteiger partial charge in [0.2, 0.25) is 0 Å². The lowest BCUT2D eigenvalue weighted by Crippen LogP contribution is -2.13. The second-order valence-corrected chi connectivity index (χ2v) is 10.2. The van der Waals surface area contributed by atoms with E-state index >= 15 is 0 Å². The van der Waals surface area contributed by atoms with Crippen molar-refractivity contribution in [3.8, 4) is 28.8 Å². The normalized spacial score (nSPS) is 11.6. The molecule has 0 aliphatic rings. The zero-order chi connectivity index (χ0) is 22.9. The van der Waals surface area contributed by atoms with E-state index in [1.165, 1.54) is 0 Å². The van der Waals surface area contributed by atoms with Gasteiger partial charge >= 0.3 is 0 Å². The fourth-order valence-corrected chi connectivity index (χ4v) is 4.68. The van der Waals surface area contributed by atoms with Gasteiger partial charge in [-0.1, -0.05) is 25.1 Å². The summed E-state index contributed by atoms with van der Waals surface area (Å²) in [4.78, 5) is 4.92. The molecule has 0 fully saturated rings. The Morgan fingerprint density at radius 3 is 2.47 bits per heavy atom. The topological polar surface area (TPSA) is 84.5 Å². The Morgan fingerprint density at radius 2 is 1.78 bits per heavy atom. The Hall–Kier alpha value is -3.63. The number of sulfone groups is 1. The number of hydrogen-bond donors (Lipinski definition) is 0. The molecule has 0 radical (unpaired) electrons. The van der Waals surface area contributed by atoms with E-state index in [0.717, 1.165) is 17.0 Å². The Kier molecular flexibility index (Phi) is 5.72. The number of nitrogens with zero attached hydrogens (tertiary/aromatic N) is 3. The van der Waals surface area contributed by atoms with Crippen LogP contribution in [0.5, 0.6) is 11.5 Å². The average molecular weight is 446 g/mol. The summed E-state index contributed by atoms with van der Waals surface area (Å²) in [5.41, 5.74) is 3.83. The van der Waals surface area contributed by atoms with Crippen molar-refractivity contribution in [3.05, 3.63) is 78.1 Å². The van der Waals surface area contributed by atoms with Crippen LogP contribution in [0.3, 0.4) is 0 Å². The van der Waals surface area contributed by atoms with Crippen LogP contribution >= 0.6 is 0 Å². The smallest absolute Gasteiger partial charge is 0.180 e. The molecular weight excluding hydrogens is 422 g/mol. The van der Waals surface area contributed by atoms with Gasteiger partial charge in [0.25, 0.3) is 0 Å². The molecule has 0 saturated heterocycles. The first-order valence-corrected chi connectivity index (χ1v) is 11.9. The van der Waals surface area contributed by atoms with Crippen LogP contribution in [0.15, 0.2) is 71.8 Å². The summed E-state index contributed by atoms with van der Waals surface area (Å²) in [5.74, 6) is 1.03. The predicted octanol–water partition coefficient (Wildman–Crippen LogP) is 5.41. The number of pyridine rings is 1. The summed E-state index contributed by atoms with van der Waals surface area (Å²) >= 11 is 0. The standard InChI is InChI=1S/C25H23N3O3S/c1-4-23-24(28-13-7-9-19(16-26)25(28)27-23)18-8-5-10-20(14-18)31-21-11-6-12-22(15-21)32(29,30)17(2)3/h5-15,17H,4H2,1-3H3. The van der Waals surface area contributed by atoms with Crippen molar-refractivity contribution >= 4 is 15.5 Å². The van der Waals surface area contributed by atoms with Gasteiger partial charge in [0.1, 0.15) is 17.6 Å². The van der Waals surface area contributed by atoms with Crippen LogP contribution in [-0.4, -0.2) is 23.1 Å². The highest BCUT2D eigenvalue weighted by molar-refractivity contribution is 7.92. The lowest BCUT2D eigenvalue weighted by molar-refractivity contribution is 0.481. The van der Waals surface area contributed by atoms with Gasteiger partial charge in [-0.15, -0.1) is 0 Å². The number of aryl methyl sites for hydroxylation is 1. The summed E-state index contributed by atoms with van der Waals surface area (Å²) in [5, 5.41) is 8.92. The Morgan fingerprint density at radius 1 is 1.06 bits per heavy atom. The summed E-state index contributed by atoms with van der Waals surface area (Å²) in [6.07, 6.45) is 2.60. The van der Waals surface area contributed by atoms with Crippen LogP contribution in [0.1, 0.15) is 32.0 Å². The van der Waals surface area contributed by atoms with E-state index in [-0.39, 0.29) is 4.90 Å². The first kappa shape index (κ1) is 21.6. The van der Waals surface area contributed by atoms with Crippen molar-refractivity contribution in [1.82, 2.24) is 9.38 Å². The third kappa shape index (κ3) is 3.85. The fraction of sp³-hybridized carbons (Fsp3) is 0.200. The molecule has 4 rings (SSSR count). The van der Waals surface area contributed by atoms with Crippen molar-refractivity contribution in [2.75, 3.05) is 0 Å². The molecule has 0 bridgehead atoms. The van der Waals surface area contributed by atoms with E-state index in [4.69, 9.17) is 4.74 Å². The van der Waals surface area contributed by atoms with Gasteiger partial charge in [0, 0.05) is 11.8 Å². The molecule has 0 aliphatic heterocycles. The summed E-state index contributed by atoms with van der Waals surface area (Å²) < 4.78 is 33.0. The molecule has 0 unspecified atom stereocenters. The summed E-state index contributed by atoms with van der Waals surface area (Å²) in [7, 11) is -3.39. The lowest BCUT2D eigenvalue weighted by Gasteiger charge is -2.11. The molecule has 0 saturated carbocycles. The van der Waals surface area contributed by atoms with Crippen LogP contribution in [0.2, 0.25) is 0 Å². The average Bonchev–Trinajstić information content (AvgIpc) is 3.18. The summed E-state index contributed by atoms with van der Waals surface area (Å²) in [6, 6.07) is 19.9. The monoisotopic (exact) mass is 445 g/mol. The molecule has 0 aliphatic carbocycles. The van der Waals surface area contributed by atoms with Crippen LogP contribution in [0, 0.1) is 11.3 Å². The molecule has 32 heavy (non-hydrogen) atoms. The molecule has 2 aromatic heterocycles. The maximum absolute atomic E-state index is 12.5. The number of fused-ring (bicyclic) bond motifs is 1. The second-order valence-electron chi connectivity index (χ2n) is 7.69. The van der Waals surface area contributed by atoms with E-state index in [1.54, 1.807) is 44.2 Å². The van der Waals surface area contributed by atoms with E-state index in [1.807, 2.05) is 47.9 Å². The van der Waals surface area contributed by atoms with E-state index in [2.05, 4.69) is 11.1 Å². The highest BCUT2D eigenvalue weighted by atomic mass is 32.2. The van der Waals surface area contributed by atoms with Gasteiger partial charge in [0.15, 0.2) is 15.5 Å². The fourth-order valence-electron chi connectivity index (χ4n) is 3.58. The van der Waals surface area contributed by atoms with Crippen molar-refractivity contribution in [3.63, 3.8) is 0 Å². The lowest BCUT2D eigenvalue weighted by atomic mass is 10.1. The van der Waals surface area contributed by atoms with Crippen LogP contribution in [0.25, 0.3) is 16.9 Å². The SMILES string of the molecule is CCc1nc2c(C#N)cccn2c1-c1cccc(Oc2cccc(S(=O)(=O)C(C)C)c2)c1. The van der Waals surface area contributed by atoms with Crippen LogP contribution in [-0.2, 0) is 16.3 Å². The minimum absolute atomic E-state index is 0.236. The third-order valence-corrected chi connectivity index (χ3v) is 7.43. The minimum atomic E-state index is -3.39. The van der Waals surface area contributed by atoms with Gasteiger partial charge in [-0.25, -0.2) is 13.4 Å². The number of imidazole rings is 1. The third-order valence-electron chi connectivity index (χ3n) is 5.28. The van der Waals surface area contributed by atoms with Gasteiger partial charge in [-0.3, -0.25) is 4.40 Å². The van der Waals surface area contributed by atoms with Crippen molar-refractivity contribution in [1.29, 1.82) is 5.26 Å². The van der Waals surface area contributed by atoms with E-state index < -0.39 is 15.1 Å². The van der Waals surface area contributed by atoms with Crippen molar-refractivity contribution < 1.29 is 13.2 Å². The zero-order valence-corrected chi connectivity index (χ0v) is 18.9. The number of benzene rings is 2. The molecule has 0 amide bonds. The number of ether oxygens (including phenoxy) is 1. The van der Waals surface area contributed by atoms with Gasteiger partial charge in [-0.2, -0.15) is 5.26 Å². The first-order chi connectivity index (χ1) is 15.3. The molecule has 0 spiro atoms. The quantitative estimate of drug-likeness (QED) is 0.396. The minimum Gasteiger partial charge on any atom is -0.457 e. The van der Waals surface area contributed by atoms with Crippen LogP contribution in [0.4, 0.5) is 0 Å². The molecule has 6 nitrogen and oxygen atoms in total. The van der Waals surface area contributed by atoms with Crippen molar-refractivity contribution in [2.45, 2.75) is 37.3 Å². The molecule has 0 atom stereocenters. The number of nitriles is 1. The number of rotatable bonds is 6. The van der Waals surface area contributed by atoms with Crippen molar-refractivity contribution in [2.24, 2.45) is 0 Å². The van der Waals surface area contributed by atoms with E-state index in [9.17, 15) is 13.7 Å². The maximum Gasteiger partial charge on any atom is 0.180 e. The Labute approximate surface area is 187 Å². The van der Waals surface area contributed by atoms with Gasteiger partial charge in [-0.05, 0) is 62.7 Å². The molecule has 2 aromatic carbocycles. The predicted molar refractivity (Wildman–Crippen MR) is 124 cm³/mol. The largest absolute Gasteiger partial charge is 0.457 e. The zero-order valence-electron chi connectivity index (χ0n) is 18.1.